The SMILES string of the molecule is CC1(C)C=CC(C)(N=C=O)C(C)(N=C=O)C1(C)C. The van der Waals surface area contributed by atoms with Crippen molar-refractivity contribution >= 4 is 12.2 Å². The molecule has 4 nitrogen and oxygen atoms in total. The quantitative estimate of drug-likeness (QED) is 0.428. The Morgan fingerprint density at radius 3 is 1.78 bits per heavy atom. The molecule has 0 N–H and O–H groups in total. The summed E-state index contributed by atoms with van der Waals surface area (Å²) in [5, 5.41) is 0. The molecular weight excluding hydrogens is 228 g/mol. The zero-order valence-corrected chi connectivity index (χ0v) is 11.9. The van der Waals surface area contributed by atoms with Crippen LogP contribution in [-0.4, -0.2) is 23.2 Å². The summed E-state index contributed by atoms with van der Waals surface area (Å²) in [5.74, 6) is 0. The maximum atomic E-state index is 10.8. The Hall–Kier alpha value is -1.50. The van der Waals surface area contributed by atoms with Gasteiger partial charge in [-0.1, -0.05) is 39.8 Å². The van der Waals surface area contributed by atoms with Crippen molar-refractivity contribution in [3.05, 3.63) is 12.2 Å². The molecule has 0 aromatic carbocycles. The molecule has 18 heavy (non-hydrogen) atoms. The van der Waals surface area contributed by atoms with Crippen LogP contribution in [0.15, 0.2) is 22.1 Å². The molecule has 0 aromatic rings. The molecule has 0 heterocycles. The van der Waals surface area contributed by atoms with E-state index in [4.69, 9.17) is 0 Å². The first kappa shape index (κ1) is 14.6. The van der Waals surface area contributed by atoms with E-state index >= 15 is 0 Å². The van der Waals surface area contributed by atoms with Crippen molar-refractivity contribution in [2.75, 3.05) is 0 Å². The van der Waals surface area contributed by atoms with E-state index in [0.29, 0.717) is 0 Å². The number of isocyanates is 2. The van der Waals surface area contributed by atoms with E-state index in [9.17, 15) is 9.59 Å². The van der Waals surface area contributed by atoms with E-state index in [0.717, 1.165) is 0 Å². The van der Waals surface area contributed by atoms with E-state index in [1.54, 1.807) is 19.1 Å². The maximum Gasteiger partial charge on any atom is 0.235 e. The van der Waals surface area contributed by atoms with E-state index in [1.807, 2.05) is 32.9 Å². The normalized spacial score (nSPS) is 36.3. The average Bonchev–Trinajstić information content (AvgIpc) is 2.25. The van der Waals surface area contributed by atoms with E-state index in [1.165, 1.54) is 0 Å². The van der Waals surface area contributed by atoms with Crippen molar-refractivity contribution in [2.45, 2.75) is 52.6 Å². The number of rotatable bonds is 2. The monoisotopic (exact) mass is 248 g/mol. The summed E-state index contributed by atoms with van der Waals surface area (Å²) < 4.78 is 0. The zero-order chi connectivity index (χ0) is 14.2. The Bertz CT molecular complexity index is 480. The molecule has 0 spiro atoms. The lowest BCUT2D eigenvalue weighted by molar-refractivity contribution is 0.0172. The first-order chi connectivity index (χ1) is 8.08. The van der Waals surface area contributed by atoms with Crippen LogP contribution in [0.4, 0.5) is 0 Å². The van der Waals surface area contributed by atoms with Gasteiger partial charge >= 0.3 is 0 Å². The lowest BCUT2D eigenvalue weighted by Gasteiger charge is -2.57. The van der Waals surface area contributed by atoms with Crippen molar-refractivity contribution < 1.29 is 9.59 Å². The number of nitrogens with zero attached hydrogens (tertiary/aromatic N) is 2. The molecule has 1 aliphatic rings. The maximum absolute atomic E-state index is 10.8. The molecule has 1 rings (SSSR count). The van der Waals surface area contributed by atoms with Crippen molar-refractivity contribution in [2.24, 2.45) is 20.8 Å². The van der Waals surface area contributed by atoms with Crippen molar-refractivity contribution in [1.82, 2.24) is 0 Å². The second-order valence-corrected chi connectivity index (χ2v) is 6.31. The molecule has 2 atom stereocenters. The standard InChI is InChI=1S/C14H20N2O2/c1-11(2)7-8-13(5,15-9-17)14(6,16-10-18)12(11,3)4/h7-8H,1-6H3. The molecule has 0 fully saturated rings. The van der Waals surface area contributed by atoms with E-state index in [2.05, 4.69) is 23.8 Å². The van der Waals surface area contributed by atoms with Crippen LogP contribution in [0.1, 0.15) is 41.5 Å². The Kier molecular flexibility index (Phi) is 3.25. The smallest absolute Gasteiger partial charge is 0.211 e. The van der Waals surface area contributed by atoms with Crippen molar-refractivity contribution in [3.63, 3.8) is 0 Å². The Morgan fingerprint density at radius 2 is 1.33 bits per heavy atom. The van der Waals surface area contributed by atoms with Crippen LogP contribution in [0.25, 0.3) is 0 Å². The Labute approximate surface area is 108 Å². The van der Waals surface area contributed by atoms with Gasteiger partial charge in [0.2, 0.25) is 12.2 Å². The molecule has 0 amide bonds. The Morgan fingerprint density at radius 1 is 0.833 bits per heavy atom. The predicted molar refractivity (Wildman–Crippen MR) is 69.8 cm³/mol. The number of hydrogen-bond acceptors (Lipinski definition) is 4. The van der Waals surface area contributed by atoms with Gasteiger partial charge in [-0.05, 0) is 19.3 Å². The molecule has 4 heteroatoms. The van der Waals surface area contributed by atoms with E-state index < -0.39 is 11.1 Å². The second kappa shape index (κ2) is 4.01. The zero-order valence-electron chi connectivity index (χ0n) is 11.9. The lowest BCUT2D eigenvalue weighted by Crippen LogP contribution is -2.62. The topological polar surface area (TPSA) is 58.9 Å². The summed E-state index contributed by atoms with van der Waals surface area (Å²) in [5.41, 5.74) is -2.29. The Balaban J connectivity index is 3.69. The summed E-state index contributed by atoms with van der Waals surface area (Å²) in [6.07, 6.45) is 7.09. The predicted octanol–water partition coefficient (Wildman–Crippen LogP) is 2.80. The largest absolute Gasteiger partial charge is 0.235 e. The van der Waals surface area contributed by atoms with Gasteiger partial charge in [-0.15, -0.1) is 0 Å². The summed E-state index contributed by atoms with van der Waals surface area (Å²) in [7, 11) is 0. The third-order valence-electron chi connectivity index (χ3n) is 5.19. The van der Waals surface area contributed by atoms with Crippen LogP contribution in [0.2, 0.25) is 0 Å². The molecule has 0 bridgehead atoms. The highest BCUT2D eigenvalue weighted by atomic mass is 16.1. The second-order valence-electron chi connectivity index (χ2n) is 6.31. The number of aliphatic imine (C=N–C) groups is 2. The fourth-order valence-corrected chi connectivity index (χ4v) is 2.59. The fourth-order valence-electron chi connectivity index (χ4n) is 2.59. The lowest BCUT2D eigenvalue weighted by atomic mass is 9.49. The third kappa shape index (κ3) is 1.61. The molecule has 2 unspecified atom stereocenters. The first-order valence-electron chi connectivity index (χ1n) is 5.96. The van der Waals surface area contributed by atoms with Crippen molar-refractivity contribution in [1.29, 1.82) is 0 Å². The minimum Gasteiger partial charge on any atom is -0.211 e. The van der Waals surface area contributed by atoms with Crippen molar-refractivity contribution in [3.8, 4) is 0 Å². The minimum absolute atomic E-state index is 0.181. The van der Waals surface area contributed by atoms with Gasteiger partial charge < -0.3 is 0 Å². The molecule has 0 saturated heterocycles. The fraction of sp³-hybridized carbons (Fsp3) is 0.714. The van der Waals surface area contributed by atoms with Gasteiger partial charge in [0.05, 0.1) is 0 Å². The molecular formula is C14H20N2O2. The van der Waals surface area contributed by atoms with Gasteiger partial charge in [0.25, 0.3) is 0 Å². The molecule has 0 saturated carbocycles. The van der Waals surface area contributed by atoms with Crippen LogP contribution in [0, 0.1) is 10.8 Å². The molecule has 0 radical (unpaired) electrons. The van der Waals surface area contributed by atoms with Gasteiger partial charge in [-0.2, -0.15) is 9.98 Å². The van der Waals surface area contributed by atoms with Gasteiger partial charge in [0.15, 0.2) is 0 Å². The number of carbonyl (C=O) groups excluding carboxylic acids is 2. The summed E-state index contributed by atoms with van der Waals surface area (Å²) in [6, 6.07) is 0. The molecule has 0 aromatic heterocycles. The molecule has 1 aliphatic carbocycles. The van der Waals surface area contributed by atoms with Gasteiger partial charge in [-0.25, -0.2) is 9.59 Å². The average molecular weight is 248 g/mol. The van der Waals surface area contributed by atoms with Gasteiger partial charge in [0, 0.05) is 5.41 Å². The van der Waals surface area contributed by atoms with Gasteiger partial charge in [0.1, 0.15) is 11.1 Å². The van der Waals surface area contributed by atoms with Crippen LogP contribution in [-0.2, 0) is 9.59 Å². The molecule has 0 aliphatic heterocycles. The summed E-state index contributed by atoms with van der Waals surface area (Å²) in [6.45, 7) is 11.8. The van der Waals surface area contributed by atoms with Crippen LogP contribution in [0.5, 0.6) is 0 Å². The number of allylic oxidation sites excluding steroid dienone is 1. The van der Waals surface area contributed by atoms with Gasteiger partial charge in [-0.3, -0.25) is 0 Å². The highest BCUT2D eigenvalue weighted by Crippen LogP contribution is 2.57. The van der Waals surface area contributed by atoms with Crippen LogP contribution < -0.4 is 0 Å². The highest BCUT2D eigenvalue weighted by Gasteiger charge is 2.61. The number of hydrogen-bond donors (Lipinski definition) is 0. The summed E-state index contributed by atoms with van der Waals surface area (Å²) in [4.78, 5) is 29.4. The van der Waals surface area contributed by atoms with E-state index in [-0.39, 0.29) is 10.8 Å². The third-order valence-corrected chi connectivity index (χ3v) is 5.19. The summed E-state index contributed by atoms with van der Waals surface area (Å²) >= 11 is 0. The minimum atomic E-state index is -0.884. The molecule has 98 valence electrons. The van der Waals surface area contributed by atoms with Crippen LogP contribution >= 0.6 is 0 Å². The van der Waals surface area contributed by atoms with Crippen LogP contribution in [0.3, 0.4) is 0 Å². The highest BCUT2D eigenvalue weighted by molar-refractivity contribution is 5.45. The first-order valence-corrected chi connectivity index (χ1v) is 5.96.